The highest BCUT2D eigenvalue weighted by atomic mass is 16.3. The summed E-state index contributed by atoms with van der Waals surface area (Å²) in [6, 6.07) is 0. The third-order valence-electron chi connectivity index (χ3n) is 1.90. The van der Waals surface area contributed by atoms with E-state index in [-0.39, 0.29) is 11.9 Å². The van der Waals surface area contributed by atoms with Crippen LogP contribution in [0.4, 0.5) is 0 Å². The van der Waals surface area contributed by atoms with Gasteiger partial charge in [0.1, 0.15) is 0 Å². The molecule has 70 valence electrons. The van der Waals surface area contributed by atoms with Gasteiger partial charge in [-0.25, -0.2) is 0 Å². The first kappa shape index (κ1) is 11.4. The lowest BCUT2D eigenvalue weighted by Crippen LogP contribution is -2.03. The molecule has 0 aromatic carbocycles. The Balaban J connectivity index is 3.58. The number of hydrogen-bond acceptors (Lipinski definition) is 2. The normalized spacial score (nSPS) is 14.5. The number of Topliss-reactive ketones (excluding diaryl/α,β-unsaturated/α-hetero) is 1. The van der Waals surface area contributed by atoms with E-state index < -0.39 is 0 Å². The average molecular weight is 170 g/mol. The standard InChI is InChI=1S/C10H18O2/c1-4-8(2)10(12)7-5-6-9(3)11/h4,9,11H,5-7H2,1-3H3. The topological polar surface area (TPSA) is 37.3 Å². The van der Waals surface area contributed by atoms with E-state index in [9.17, 15) is 4.79 Å². The van der Waals surface area contributed by atoms with Crippen molar-refractivity contribution >= 4 is 5.78 Å². The van der Waals surface area contributed by atoms with Gasteiger partial charge >= 0.3 is 0 Å². The van der Waals surface area contributed by atoms with Crippen LogP contribution in [-0.2, 0) is 4.79 Å². The van der Waals surface area contributed by atoms with Crippen LogP contribution in [-0.4, -0.2) is 17.0 Å². The average Bonchev–Trinajstić information content (AvgIpc) is 2.02. The van der Waals surface area contributed by atoms with Crippen molar-refractivity contribution in [3.05, 3.63) is 11.6 Å². The summed E-state index contributed by atoms with van der Waals surface area (Å²) in [6.07, 6.45) is 3.58. The van der Waals surface area contributed by atoms with Crippen LogP contribution in [0.25, 0.3) is 0 Å². The molecule has 0 radical (unpaired) electrons. The Morgan fingerprint density at radius 3 is 2.58 bits per heavy atom. The lowest BCUT2D eigenvalue weighted by molar-refractivity contribution is -0.115. The van der Waals surface area contributed by atoms with Crippen LogP contribution in [0.15, 0.2) is 11.6 Å². The van der Waals surface area contributed by atoms with Gasteiger partial charge in [0, 0.05) is 6.42 Å². The zero-order chi connectivity index (χ0) is 9.56. The third kappa shape index (κ3) is 5.08. The minimum Gasteiger partial charge on any atom is -0.393 e. The molecule has 0 saturated carbocycles. The first-order chi connectivity index (χ1) is 5.57. The maximum absolute atomic E-state index is 11.2. The molecule has 0 aromatic rings. The molecular formula is C10H18O2. The summed E-state index contributed by atoms with van der Waals surface area (Å²) in [6.45, 7) is 5.43. The second-order valence-corrected chi connectivity index (χ2v) is 3.14. The van der Waals surface area contributed by atoms with Gasteiger partial charge in [-0.1, -0.05) is 6.08 Å². The molecule has 0 spiro atoms. The van der Waals surface area contributed by atoms with Gasteiger partial charge in [0.2, 0.25) is 0 Å². The van der Waals surface area contributed by atoms with Crippen molar-refractivity contribution in [3.8, 4) is 0 Å². The van der Waals surface area contributed by atoms with Crippen molar-refractivity contribution in [3.63, 3.8) is 0 Å². The zero-order valence-electron chi connectivity index (χ0n) is 8.13. The highest BCUT2D eigenvalue weighted by molar-refractivity contribution is 5.94. The van der Waals surface area contributed by atoms with Crippen molar-refractivity contribution in [2.24, 2.45) is 0 Å². The molecule has 0 fully saturated rings. The maximum atomic E-state index is 11.2. The Hall–Kier alpha value is -0.630. The van der Waals surface area contributed by atoms with Gasteiger partial charge in [-0.3, -0.25) is 4.79 Å². The number of carbonyl (C=O) groups excluding carboxylic acids is 1. The molecule has 0 heterocycles. The van der Waals surface area contributed by atoms with Crippen molar-refractivity contribution < 1.29 is 9.90 Å². The fourth-order valence-corrected chi connectivity index (χ4v) is 0.916. The summed E-state index contributed by atoms with van der Waals surface area (Å²) >= 11 is 0. The molecule has 0 bridgehead atoms. The van der Waals surface area contributed by atoms with Crippen LogP contribution in [0, 0.1) is 0 Å². The quantitative estimate of drug-likeness (QED) is 0.641. The molecule has 0 amide bonds. The minimum absolute atomic E-state index is 0.193. The molecule has 1 atom stereocenters. The first-order valence-corrected chi connectivity index (χ1v) is 4.42. The van der Waals surface area contributed by atoms with Crippen LogP contribution in [0.5, 0.6) is 0 Å². The summed E-state index contributed by atoms with van der Waals surface area (Å²) in [7, 11) is 0. The first-order valence-electron chi connectivity index (χ1n) is 4.42. The molecule has 0 aromatic heterocycles. The number of rotatable bonds is 5. The van der Waals surface area contributed by atoms with Gasteiger partial charge in [-0.05, 0) is 39.2 Å². The van der Waals surface area contributed by atoms with Crippen molar-refractivity contribution in [1.82, 2.24) is 0 Å². The van der Waals surface area contributed by atoms with Gasteiger partial charge in [-0.2, -0.15) is 0 Å². The van der Waals surface area contributed by atoms with Gasteiger partial charge in [0.15, 0.2) is 5.78 Å². The van der Waals surface area contributed by atoms with E-state index in [2.05, 4.69) is 0 Å². The third-order valence-corrected chi connectivity index (χ3v) is 1.90. The molecule has 2 heteroatoms. The van der Waals surface area contributed by atoms with Gasteiger partial charge in [-0.15, -0.1) is 0 Å². The zero-order valence-corrected chi connectivity index (χ0v) is 8.13. The van der Waals surface area contributed by atoms with Crippen LogP contribution < -0.4 is 0 Å². The molecule has 1 unspecified atom stereocenters. The summed E-state index contributed by atoms with van der Waals surface area (Å²) in [5, 5.41) is 8.94. The van der Waals surface area contributed by atoms with E-state index in [0.717, 1.165) is 12.0 Å². The number of aliphatic hydroxyl groups is 1. The Labute approximate surface area is 74.3 Å². The monoisotopic (exact) mass is 170 g/mol. The lowest BCUT2D eigenvalue weighted by atomic mass is 10.1. The van der Waals surface area contributed by atoms with E-state index in [0.29, 0.717) is 12.8 Å². The highest BCUT2D eigenvalue weighted by Crippen LogP contribution is 2.05. The predicted octanol–water partition coefficient (Wildman–Crippen LogP) is 2.07. The molecule has 0 saturated heterocycles. The Bertz CT molecular complexity index is 169. The Morgan fingerprint density at radius 2 is 2.17 bits per heavy atom. The second kappa shape index (κ2) is 5.95. The molecule has 0 aliphatic heterocycles. The molecule has 12 heavy (non-hydrogen) atoms. The molecular weight excluding hydrogens is 152 g/mol. The molecule has 0 aliphatic rings. The van der Waals surface area contributed by atoms with E-state index in [1.165, 1.54) is 0 Å². The Morgan fingerprint density at radius 1 is 1.58 bits per heavy atom. The van der Waals surface area contributed by atoms with Gasteiger partial charge in [0.05, 0.1) is 6.10 Å². The van der Waals surface area contributed by atoms with Crippen LogP contribution >= 0.6 is 0 Å². The van der Waals surface area contributed by atoms with Crippen molar-refractivity contribution in [1.29, 1.82) is 0 Å². The number of ketones is 1. The summed E-state index contributed by atoms with van der Waals surface area (Å²) < 4.78 is 0. The second-order valence-electron chi connectivity index (χ2n) is 3.14. The largest absolute Gasteiger partial charge is 0.393 e. The highest BCUT2D eigenvalue weighted by Gasteiger charge is 2.03. The lowest BCUT2D eigenvalue weighted by Gasteiger charge is -2.02. The molecule has 1 N–H and O–H groups in total. The van der Waals surface area contributed by atoms with Crippen LogP contribution in [0.2, 0.25) is 0 Å². The summed E-state index contributed by atoms with van der Waals surface area (Å²) in [5.41, 5.74) is 0.820. The van der Waals surface area contributed by atoms with E-state index in [1.54, 1.807) is 6.92 Å². The smallest absolute Gasteiger partial charge is 0.158 e. The van der Waals surface area contributed by atoms with E-state index in [4.69, 9.17) is 5.11 Å². The fraction of sp³-hybridized carbons (Fsp3) is 0.700. The van der Waals surface area contributed by atoms with Gasteiger partial charge < -0.3 is 5.11 Å². The van der Waals surface area contributed by atoms with Crippen LogP contribution in [0.3, 0.4) is 0 Å². The van der Waals surface area contributed by atoms with Crippen molar-refractivity contribution in [2.75, 3.05) is 0 Å². The minimum atomic E-state index is -0.288. The number of hydrogen-bond donors (Lipinski definition) is 1. The number of allylic oxidation sites excluding steroid dienone is 2. The number of carbonyl (C=O) groups is 1. The Kier molecular flexibility index (Phi) is 5.64. The van der Waals surface area contributed by atoms with Gasteiger partial charge in [0.25, 0.3) is 0 Å². The fourth-order valence-electron chi connectivity index (χ4n) is 0.916. The SMILES string of the molecule is CC=C(C)C(=O)CCCC(C)O. The summed E-state index contributed by atoms with van der Waals surface area (Å²) in [5.74, 6) is 0.193. The summed E-state index contributed by atoms with van der Waals surface area (Å²) in [4.78, 5) is 11.2. The molecule has 2 nitrogen and oxygen atoms in total. The number of aliphatic hydroxyl groups excluding tert-OH is 1. The van der Waals surface area contributed by atoms with Crippen LogP contribution in [0.1, 0.15) is 40.0 Å². The van der Waals surface area contributed by atoms with Crippen molar-refractivity contribution in [2.45, 2.75) is 46.1 Å². The van der Waals surface area contributed by atoms with E-state index in [1.807, 2.05) is 19.9 Å². The maximum Gasteiger partial charge on any atom is 0.158 e. The predicted molar refractivity (Wildman–Crippen MR) is 50.0 cm³/mol. The molecule has 0 aliphatic carbocycles. The van der Waals surface area contributed by atoms with E-state index >= 15 is 0 Å². The molecule has 0 rings (SSSR count).